The molecule has 0 aliphatic heterocycles. The molecule has 15 heavy (non-hydrogen) atoms. The monoisotopic (exact) mass is 202 g/mol. The SMILES string of the molecule is O=C(O)/C=C/C=CCCc1ccccc1. The molecule has 78 valence electrons. The average Bonchev–Trinajstić information content (AvgIpc) is 2.24. The van der Waals surface area contributed by atoms with Crippen molar-refractivity contribution in [2.45, 2.75) is 12.8 Å². The Morgan fingerprint density at radius 3 is 2.60 bits per heavy atom. The number of carboxylic acids is 1. The smallest absolute Gasteiger partial charge is 0.328 e. The van der Waals surface area contributed by atoms with Gasteiger partial charge in [0.05, 0.1) is 0 Å². The van der Waals surface area contributed by atoms with E-state index in [9.17, 15) is 4.79 Å². The van der Waals surface area contributed by atoms with Gasteiger partial charge in [-0.1, -0.05) is 48.6 Å². The normalized spacial score (nSPS) is 11.2. The maximum absolute atomic E-state index is 10.1. The van der Waals surface area contributed by atoms with Crippen molar-refractivity contribution in [3.63, 3.8) is 0 Å². The Balaban J connectivity index is 2.25. The molecule has 0 aliphatic carbocycles. The third-order valence-corrected chi connectivity index (χ3v) is 1.93. The number of benzene rings is 1. The molecular formula is C13H14O2. The van der Waals surface area contributed by atoms with Crippen LogP contribution in [0.2, 0.25) is 0 Å². The molecule has 0 amide bonds. The fourth-order valence-corrected chi connectivity index (χ4v) is 1.21. The molecule has 0 saturated carbocycles. The van der Waals surface area contributed by atoms with Gasteiger partial charge in [-0.2, -0.15) is 0 Å². The molecular weight excluding hydrogens is 188 g/mol. The van der Waals surface area contributed by atoms with Crippen molar-refractivity contribution in [2.75, 3.05) is 0 Å². The van der Waals surface area contributed by atoms with Crippen LogP contribution in [-0.2, 0) is 11.2 Å². The van der Waals surface area contributed by atoms with Gasteiger partial charge in [0.1, 0.15) is 0 Å². The number of hydrogen-bond donors (Lipinski definition) is 1. The van der Waals surface area contributed by atoms with Gasteiger partial charge >= 0.3 is 5.97 Å². The molecule has 0 radical (unpaired) electrons. The highest BCUT2D eigenvalue weighted by Crippen LogP contribution is 2.02. The summed E-state index contributed by atoms with van der Waals surface area (Å²) in [5, 5.41) is 8.33. The van der Waals surface area contributed by atoms with E-state index in [2.05, 4.69) is 12.1 Å². The summed E-state index contributed by atoms with van der Waals surface area (Å²) in [4.78, 5) is 10.1. The second-order valence-corrected chi connectivity index (χ2v) is 3.15. The number of aryl methyl sites for hydroxylation is 1. The summed E-state index contributed by atoms with van der Waals surface area (Å²) in [5.74, 6) is -0.914. The van der Waals surface area contributed by atoms with Gasteiger partial charge in [0, 0.05) is 6.08 Å². The number of rotatable bonds is 5. The second kappa shape index (κ2) is 6.60. The Bertz CT molecular complexity index is 350. The minimum absolute atomic E-state index is 0.914. The van der Waals surface area contributed by atoms with Crippen molar-refractivity contribution in [3.8, 4) is 0 Å². The van der Waals surface area contributed by atoms with Gasteiger partial charge in [0.15, 0.2) is 0 Å². The summed E-state index contributed by atoms with van der Waals surface area (Å²) in [6.07, 6.45) is 8.29. The first kappa shape index (κ1) is 11.2. The van der Waals surface area contributed by atoms with Crippen molar-refractivity contribution >= 4 is 5.97 Å². The minimum atomic E-state index is -0.914. The van der Waals surface area contributed by atoms with Gasteiger partial charge in [-0.3, -0.25) is 0 Å². The van der Waals surface area contributed by atoms with Crippen LogP contribution in [0.1, 0.15) is 12.0 Å². The molecule has 1 N–H and O–H groups in total. The predicted molar refractivity (Wildman–Crippen MR) is 60.7 cm³/mol. The molecule has 0 aliphatic rings. The summed E-state index contributed by atoms with van der Waals surface area (Å²) in [6.45, 7) is 0. The van der Waals surface area contributed by atoms with Gasteiger partial charge in [-0.05, 0) is 18.4 Å². The van der Waals surface area contributed by atoms with Crippen molar-refractivity contribution < 1.29 is 9.90 Å². The van der Waals surface area contributed by atoms with Crippen molar-refractivity contribution in [3.05, 3.63) is 60.2 Å². The summed E-state index contributed by atoms with van der Waals surface area (Å²) in [5.41, 5.74) is 1.30. The van der Waals surface area contributed by atoms with E-state index in [1.165, 1.54) is 11.6 Å². The third-order valence-electron chi connectivity index (χ3n) is 1.93. The highest BCUT2D eigenvalue weighted by molar-refractivity contribution is 5.80. The van der Waals surface area contributed by atoms with E-state index in [1.807, 2.05) is 24.3 Å². The van der Waals surface area contributed by atoms with Crippen LogP contribution in [0.5, 0.6) is 0 Å². The van der Waals surface area contributed by atoms with E-state index in [4.69, 9.17) is 5.11 Å². The Morgan fingerprint density at radius 1 is 1.20 bits per heavy atom. The largest absolute Gasteiger partial charge is 0.478 e. The number of allylic oxidation sites excluding steroid dienone is 3. The Hall–Kier alpha value is -1.83. The topological polar surface area (TPSA) is 37.3 Å². The van der Waals surface area contributed by atoms with E-state index in [0.29, 0.717) is 0 Å². The van der Waals surface area contributed by atoms with Crippen LogP contribution in [-0.4, -0.2) is 11.1 Å². The lowest BCUT2D eigenvalue weighted by Crippen LogP contribution is -1.84. The predicted octanol–water partition coefficient (Wildman–Crippen LogP) is 2.82. The zero-order valence-electron chi connectivity index (χ0n) is 8.47. The first-order chi connectivity index (χ1) is 7.29. The highest BCUT2D eigenvalue weighted by atomic mass is 16.4. The van der Waals surface area contributed by atoms with Crippen molar-refractivity contribution in [1.82, 2.24) is 0 Å². The van der Waals surface area contributed by atoms with Gasteiger partial charge in [0.25, 0.3) is 0 Å². The van der Waals surface area contributed by atoms with Gasteiger partial charge in [-0.25, -0.2) is 4.79 Å². The summed E-state index contributed by atoms with van der Waals surface area (Å²) >= 11 is 0. The Kier molecular flexibility index (Phi) is 4.95. The quantitative estimate of drug-likeness (QED) is 0.589. The molecule has 0 heterocycles. The van der Waals surface area contributed by atoms with Gasteiger partial charge in [-0.15, -0.1) is 0 Å². The third kappa shape index (κ3) is 5.47. The fraction of sp³-hybridized carbons (Fsp3) is 0.154. The summed E-state index contributed by atoms with van der Waals surface area (Å²) in [6, 6.07) is 10.2. The molecule has 2 nitrogen and oxygen atoms in total. The van der Waals surface area contributed by atoms with E-state index < -0.39 is 5.97 Å². The van der Waals surface area contributed by atoms with Crippen LogP contribution in [0.15, 0.2) is 54.6 Å². The van der Waals surface area contributed by atoms with E-state index >= 15 is 0 Å². The van der Waals surface area contributed by atoms with Crippen LogP contribution in [0, 0.1) is 0 Å². The molecule has 0 saturated heterocycles. The highest BCUT2D eigenvalue weighted by Gasteiger charge is 1.87. The summed E-state index contributed by atoms with van der Waals surface area (Å²) in [7, 11) is 0. The zero-order chi connectivity index (χ0) is 10.9. The van der Waals surface area contributed by atoms with Crippen LogP contribution in [0.25, 0.3) is 0 Å². The zero-order valence-corrected chi connectivity index (χ0v) is 8.47. The van der Waals surface area contributed by atoms with Crippen LogP contribution in [0.4, 0.5) is 0 Å². The molecule has 1 aromatic rings. The Labute approximate surface area is 89.6 Å². The van der Waals surface area contributed by atoms with E-state index in [-0.39, 0.29) is 0 Å². The summed E-state index contributed by atoms with van der Waals surface area (Å²) < 4.78 is 0. The lowest BCUT2D eigenvalue weighted by molar-refractivity contribution is -0.131. The average molecular weight is 202 g/mol. The first-order valence-corrected chi connectivity index (χ1v) is 4.89. The van der Waals surface area contributed by atoms with Gasteiger partial charge < -0.3 is 5.11 Å². The van der Waals surface area contributed by atoms with Crippen LogP contribution in [0.3, 0.4) is 0 Å². The van der Waals surface area contributed by atoms with E-state index in [1.54, 1.807) is 6.08 Å². The molecule has 0 atom stereocenters. The molecule has 2 heteroatoms. The second-order valence-electron chi connectivity index (χ2n) is 3.15. The van der Waals surface area contributed by atoms with Crippen LogP contribution >= 0.6 is 0 Å². The van der Waals surface area contributed by atoms with E-state index in [0.717, 1.165) is 18.9 Å². The lowest BCUT2D eigenvalue weighted by Gasteiger charge is -1.95. The van der Waals surface area contributed by atoms with Gasteiger partial charge in [0.2, 0.25) is 0 Å². The molecule has 0 fully saturated rings. The van der Waals surface area contributed by atoms with Crippen LogP contribution < -0.4 is 0 Å². The molecule has 0 aromatic heterocycles. The number of carboxylic acid groups (broad SMARTS) is 1. The molecule has 0 bridgehead atoms. The first-order valence-electron chi connectivity index (χ1n) is 4.89. The number of carbonyl (C=O) groups is 1. The maximum Gasteiger partial charge on any atom is 0.328 e. The Morgan fingerprint density at radius 2 is 1.93 bits per heavy atom. The number of aliphatic carboxylic acids is 1. The number of hydrogen-bond acceptors (Lipinski definition) is 1. The van der Waals surface area contributed by atoms with Crippen molar-refractivity contribution in [2.24, 2.45) is 0 Å². The molecule has 1 rings (SSSR count). The molecule has 0 spiro atoms. The van der Waals surface area contributed by atoms with Crippen molar-refractivity contribution in [1.29, 1.82) is 0 Å². The standard InChI is InChI=1S/C13H14O2/c14-13(15)11-7-2-1-4-8-12-9-5-3-6-10-12/h1-3,5-7,9-11H,4,8H2,(H,14,15)/b2-1?,11-7+. The molecule has 0 unspecified atom stereocenters. The lowest BCUT2D eigenvalue weighted by atomic mass is 10.1. The fourth-order valence-electron chi connectivity index (χ4n) is 1.21. The molecule has 1 aromatic carbocycles. The maximum atomic E-state index is 10.1. The minimum Gasteiger partial charge on any atom is -0.478 e.